The Labute approximate surface area is 157 Å². The molecule has 1 aliphatic rings. The van der Waals surface area contributed by atoms with Gasteiger partial charge >= 0.3 is 0 Å². The highest BCUT2D eigenvalue weighted by Crippen LogP contribution is 2.28. The second-order valence-electron chi connectivity index (χ2n) is 6.02. The van der Waals surface area contributed by atoms with Gasteiger partial charge in [0.15, 0.2) is 0 Å². The number of hydrogen-bond donors (Lipinski definition) is 2. The fraction of sp³-hybridized carbons (Fsp3) is 0.353. The molecule has 1 aromatic heterocycles. The molecule has 26 heavy (non-hydrogen) atoms. The van der Waals surface area contributed by atoms with Crippen molar-refractivity contribution >= 4 is 27.5 Å². The van der Waals surface area contributed by atoms with E-state index in [9.17, 15) is 13.2 Å². The van der Waals surface area contributed by atoms with Crippen LogP contribution in [0.5, 0.6) is 0 Å². The van der Waals surface area contributed by atoms with Gasteiger partial charge in [-0.3, -0.25) is 4.79 Å². The summed E-state index contributed by atoms with van der Waals surface area (Å²) in [6, 6.07) is 8.45. The summed E-state index contributed by atoms with van der Waals surface area (Å²) in [5.74, 6) is 0.00230. The summed E-state index contributed by atoms with van der Waals surface area (Å²) in [6.07, 6.45) is 0. The van der Waals surface area contributed by atoms with Crippen molar-refractivity contribution in [2.75, 3.05) is 26.7 Å². The number of sulfonamides is 1. The van der Waals surface area contributed by atoms with Crippen LogP contribution in [0.15, 0.2) is 39.8 Å². The summed E-state index contributed by atoms with van der Waals surface area (Å²) in [5, 5.41) is 3.61. The number of nitrogens with zero attached hydrogens (tertiary/aromatic N) is 1. The molecule has 9 heteroatoms. The molecule has 140 valence electrons. The van der Waals surface area contributed by atoms with Crippen LogP contribution in [-0.2, 0) is 10.0 Å². The predicted octanol–water partition coefficient (Wildman–Crippen LogP) is 1.94. The van der Waals surface area contributed by atoms with E-state index in [4.69, 9.17) is 16.0 Å². The molecule has 1 fully saturated rings. The number of piperazine rings is 1. The van der Waals surface area contributed by atoms with Gasteiger partial charge in [0.05, 0.1) is 11.6 Å². The van der Waals surface area contributed by atoms with Crippen LogP contribution in [0.25, 0.3) is 0 Å². The van der Waals surface area contributed by atoms with E-state index in [0.29, 0.717) is 24.7 Å². The van der Waals surface area contributed by atoms with Crippen molar-refractivity contribution in [1.29, 1.82) is 0 Å². The van der Waals surface area contributed by atoms with Gasteiger partial charge in [-0.25, -0.2) is 13.1 Å². The van der Waals surface area contributed by atoms with Gasteiger partial charge in [0, 0.05) is 30.7 Å². The molecule has 0 radical (unpaired) electrons. The zero-order chi connectivity index (χ0) is 18.9. The van der Waals surface area contributed by atoms with Gasteiger partial charge in [0.1, 0.15) is 5.76 Å². The van der Waals surface area contributed by atoms with Gasteiger partial charge in [0.2, 0.25) is 5.09 Å². The highest BCUT2D eigenvalue weighted by molar-refractivity contribution is 7.89. The first kappa shape index (κ1) is 18.9. The normalized spacial score (nSPS) is 18.1. The maximum atomic E-state index is 13.1. The predicted molar refractivity (Wildman–Crippen MR) is 97.8 cm³/mol. The SMILES string of the molecule is CNS(=O)(=O)c1cc(C(=O)N2CCNCC2c2cccc(Cl)c2)c(C)o1. The van der Waals surface area contributed by atoms with Gasteiger partial charge in [-0.2, -0.15) is 0 Å². The third-order valence-corrected chi connectivity index (χ3v) is 5.90. The van der Waals surface area contributed by atoms with Gasteiger partial charge in [-0.05, 0) is 31.7 Å². The van der Waals surface area contributed by atoms with E-state index in [-0.39, 0.29) is 28.4 Å². The molecule has 1 unspecified atom stereocenters. The van der Waals surface area contributed by atoms with E-state index in [1.807, 2.05) is 18.2 Å². The van der Waals surface area contributed by atoms with Crippen molar-refractivity contribution < 1.29 is 17.6 Å². The molecule has 1 aromatic carbocycles. The Hall–Kier alpha value is -1.87. The molecule has 2 heterocycles. The molecule has 3 rings (SSSR count). The van der Waals surface area contributed by atoms with Gasteiger partial charge in [-0.1, -0.05) is 23.7 Å². The van der Waals surface area contributed by atoms with Crippen molar-refractivity contribution in [2.45, 2.75) is 18.1 Å². The van der Waals surface area contributed by atoms with Crippen LogP contribution >= 0.6 is 11.6 Å². The minimum Gasteiger partial charge on any atom is -0.448 e. The zero-order valence-corrected chi connectivity index (χ0v) is 16.0. The van der Waals surface area contributed by atoms with Crippen LogP contribution in [0.4, 0.5) is 0 Å². The van der Waals surface area contributed by atoms with Crippen molar-refractivity contribution in [3.05, 3.63) is 52.2 Å². The Bertz CT molecular complexity index is 926. The van der Waals surface area contributed by atoms with Crippen LogP contribution < -0.4 is 10.0 Å². The maximum absolute atomic E-state index is 13.1. The van der Waals surface area contributed by atoms with E-state index in [0.717, 1.165) is 5.56 Å². The lowest BCUT2D eigenvalue weighted by Gasteiger charge is -2.36. The lowest BCUT2D eigenvalue weighted by atomic mass is 10.0. The summed E-state index contributed by atoms with van der Waals surface area (Å²) in [7, 11) is -2.46. The number of aryl methyl sites for hydroxylation is 1. The molecule has 7 nitrogen and oxygen atoms in total. The molecule has 2 N–H and O–H groups in total. The van der Waals surface area contributed by atoms with E-state index in [1.165, 1.54) is 13.1 Å². The van der Waals surface area contributed by atoms with Crippen LogP contribution in [0.1, 0.15) is 27.7 Å². The topological polar surface area (TPSA) is 91.7 Å². The second kappa shape index (κ2) is 7.40. The van der Waals surface area contributed by atoms with E-state index < -0.39 is 10.0 Å². The molecule has 2 aromatic rings. The molecule has 0 bridgehead atoms. The standard InChI is InChI=1S/C17H20ClN3O4S/c1-11-14(9-16(25-11)26(23,24)19-2)17(22)21-7-6-20-10-15(21)12-4-3-5-13(18)8-12/h3-5,8-9,15,19-20H,6-7,10H2,1-2H3. The highest BCUT2D eigenvalue weighted by atomic mass is 35.5. The van der Waals surface area contributed by atoms with Gasteiger partial charge in [0.25, 0.3) is 15.9 Å². The average Bonchev–Trinajstić information content (AvgIpc) is 3.04. The first-order chi connectivity index (χ1) is 12.3. The van der Waals surface area contributed by atoms with Crippen LogP contribution in [0, 0.1) is 6.92 Å². The van der Waals surface area contributed by atoms with Crippen LogP contribution in [0.3, 0.4) is 0 Å². The van der Waals surface area contributed by atoms with Crippen LogP contribution in [-0.4, -0.2) is 45.9 Å². The first-order valence-electron chi connectivity index (χ1n) is 8.14. The Kier molecular flexibility index (Phi) is 5.38. The smallest absolute Gasteiger partial charge is 0.273 e. The lowest BCUT2D eigenvalue weighted by molar-refractivity contribution is 0.0632. The lowest BCUT2D eigenvalue weighted by Crippen LogP contribution is -2.48. The molecule has 0 saturated carbocycles. The fourth-order valence-electron chi connectivity index (χ4n) is 3.01. The van der Waals surface area contributed by atoms with E-state index >= 15 is 0 Å². The Balaban J connectivity index is 1.95. The number of carbonyl (C=O) groups is 1. The number of hydrogen-bond acceptors (Lipinski definition) is 5. The Morgan fingerprint density at radius 3 is 2.85 bits per heavy atom. The Morgan fingerprint density at radius 1 is 1.38 bits per heavy atom. The summed E-state index contributed by atoms with van der Waals surface area (Å²) >= 11 is 6.09. The minimum absolute atomic E-state index is 0.200. The molecule has 1 amide bonds. The molecule has 1 saturated heterocycles. The van der Waals surface area contributed by atoms with Crippen molar-refractivity contribution in [3.8, 4) is 0 Å². The number of nitrogens with one attached hydrogen (secondary N) is 2. The number of carbonyl (C=O) groups excluding carboxylic acids is 1. The molecular weight excluding hydrogens is 378 g/mol. The summed E-state index contributed by atoms with van der Waals surface area (Å²) in [5.41, 5.74) is 1.16. The molecule has 1 aliphatic heterocycles. The second-order valence-corrected chi connectivity index (χ2v) is 8.27. The number of amides is 1. The average molecular weight is 398 g/mol. The third kappa shape index (κ3) is 3.64. The molecular formula is C17H20ClN3O4S. The van der Waals surface area contributed by atoms with Gasteiger partial charge < -0.3 is 14.6 Å². The van der Waals surface area contributed by atoms with E-state index in [2.05, 4.69) is 10.0 Å². The largest absolute Gasteiger partial charge is 0.448 e. The summed E-state index contributed by atoms with van der Waals surface area (Å²) in [6.45, 7) is 3.32. The quantitative estimate of drug-likeness (QED) is 0.822. The highest BCUT2D eigenvalue weighted by Gasteiger charge is 2.32. The minimum atomic E-state index is -3.75. The zero-order valence-electron chi connectivity index (χ0n) is 14.5. The van der Waals surface area contributed by atoms with Gasteiger partial charge in [-0.15, -0.1) is 0 Å². The van der Waals surface area contributed by atoms with Crippen LogP contribution in [0.2, 0.25) is 5.02 Å². The number of rotatable bonds is 4. The maximum Gasteiger partial charge on any atom is 0.273 e. The summed E-state index contributed by atoms with van der Waals surface area (Å²) in [4.78, 5) is 14.8. The number of halogens is 1. The van der Waals surface area contributed by atoms with Crippen molar-refractivity contribution in [1.82, 2.24) is 14.9 Å². The molecule has 1 atom stereocenters. The monoisotopic (exact) mass is 397 g/mol. The molecule has 0 spiro atoms. The summed E-state index contributed by atoms with van der Waals surface area (Å²) < 4.78 is 31.4. The number of furan rings is 1. The van der Waals surface area contributed by atoms with E-state index in [1.54, 1.807) is 17.9 Å². The van der Waals surface area contributed by atoms with Crippen molar-refractivity contribution in [3.63, 3.8) is 0 Å². The fourth-order valence-corrected chi connectivity index (χ4v) is 3.92. The molecule has 0 aliphatic carbocycles. The first-order valence-corrected chi connectivity index (χ1v) is 10.0. The third-order valence-electron chi connectivity index (χ3n) is 4.40. The number of benzene rings is 1. The van der Waals surface area contributed by atoms with Crippen molar-refractivity contribution in [2.24, 2.45) is 0 Å². The Morgan fingerprint density at radius 2 is 2.15 bits per heavy atom.